The van der Waals surface area contributed by atoms with Gasteiger partial charge >= 0.3 is 5.97 Å². The Kier molecular flexibility index (Phi) is 6.56. The summed E-state index contributed by atoms with van der Waals surface area (Å²) in [7, 11) is 1.45. The van der Waals surface area contributed by atoms with E-state index < -0.39 is 10.9 Å². The Morgan fingerprint density at radius 2 is 1.93 bits per heavy atom. The molecular weight excluding hydrogens is 412 g/mol. The Balaban J connectivity index is 1.67. The van der Waals surface area contributed by atoms with Crippen LogP contribution in [0.25, 0.3) is 0 Å². The fourth-order valence-electron chi connectivity index (χ4n) is 2.33. The van der Waals surface area contributed by atoms with E-state index in [1.54, 1.807) is 42.5 Å². The van der Waals surface area contributed by atoms with Gasteiger partial charge in [0.25, 0.3) is 5.69 Å². The van der Waals surface area contributed by atoms with Gasteiger partial charge in [-0.2, -0.15) is 5.10 Å². The number of esters is 1. The maximum absolute atomic E-state index is 12.3. The zero-order valence-corrected chi connectivity index (χ0v) is 16.4. The molecule has 152 valence electrons. The number of carbonyl (C=O) groups is 1. The van der Waals surface area contributed by atoms with E-state index in [9.17, 15) is 14.9 Å². The summed E-state index contributed by atoms with van der Waals surface area (Å²) in [6.45, 7) is 0. The highest BCUT2D eigenvalue weighted by molar-refractivity contribution is 6.30. The number of benzene rings is 2. The van der Waals surface area contributed by atoms with Gasteiger partial charge in [0.2, 0.25) is 0 Å². The Hall–Kier alpha value is -3.98. The number of halogens is 1. The van der Waals surface area contributed by atoms with Gasteiger partial charge in [0.15, 0.2) is 11.5 Å². The second-order valence-corrected chi connectivity index (χ2v) is 6.27. The van der Waals surface area contributed by atoms with Crippen LogP contribution in [0.4, 0.5) is 11.5 Å². The number of aromatic nitrogens is 1. The summed E-state index contributed by atoms with van der Waals surface area (Å²) in [5, 5.41) is 15.2. The Morgan fingerprint density at radius 1 is 1.17 bits per heavy atom. The summed E-state index contributed by atoms with van der Waals surface area (Å²) < 4.78 is 10.7. The number of pyridine rings is 1. The predicted molar refractivity (Wildman–Crippen MR) is 112 cm³/mol. The first kappa shape index (κ1) is 20.7. The van der Waals surface area contributed by atoms with Gasteiger partial charge in [-0.05, 0) is 54.1 Å². The standard InChI is InChI=1S/C20H15ClN4O5/c1-29-18-10-13(11-23-24-19-9-7-16(12-22-19)25(27)28)2-8-17(18)30-20(26)14-3-5-15(21)6-4-14/h2-12H,1H3,(H,22,24)/b23-11-. The summed E-state index contributed by atoms with van der Waals surface area (Å²) in [5.74, 6) is 0.393. The van der Waals surface area contributed by atoms with E-state index in [2.05, 4.69) is 15.5 Å². The zero-order valence-electron chi connectivity index (χ0n) is 15.6. The van der Waals surface area contributed by atoms with Crippen molar-refractivity contribution in [3.8, 4) is 11.5 Å². The number of nitrogens with zero attached hydrogens (tertiary/aromatic N) is 3. The summed E-state index contributed by atoms with van der Waals surface area (Å²) in [6, 6.07) is 14.0. The van der Waals surface area contributed by atoms with Crippen molar-refractivity contribution in [2.24, 2.45) is 5.10 Å². The maximum atomic E-state index is 12.3. The van der Waals surface area contributed by atoms with Crippen molar-refractivity contribution in [1.29, 1.82) is 0 Å². The van der Waals surface area contributed by atoms with Crippen LogP contribution in [0.1, 0.15) is 15.9 Å². The molecule has 0 unspecified atom stereocenters. The molecule has 1 N–H and O–H groups in total. The maximum Gasteiger partial charge on any atom is 0.343 e. The number of methoxy groups -OCH3 is 1. The van der Waals surface area contributed by atoms with E-state index in [4.69, 9.17) is 21.1 Å². The smallest absolute Gasteiger partial charge is 0.343 e. The molecule has 9 nitrogen and oxygen atoms in total. The topological polar surface area (TPSA) is 116 Å². The molecule has 0 aliphatic heterocycles. The first-order valence-electron chi connectivity index (χ1n) is 8.51. The van der Waals surface area contributed by atoms with Gasteiger partial charge < -0.3 is 9.47 Å². The number of hydrogen-bond acceptors (Lipinski definition) is 8. The third kappa shape index (κ3) is 5.30. The van der Waals surface area contributed by atoms with Gasteiger partial charge in [0.05, 0.1) is 23.8 Å². The van der Waals surface area contributed by atoms with E-state index >= 15 is 0 Å². The van der Waals surface area contributed by atoms with Crippen molar-refractivity contribution >= 4 is 35.3 Å². The lowest BCUT2D eigenvalue weighted by Gasteiger charge is -2.10. The molecule has 1 heterocycles. The van der Waals surface area contributed by atoms with E-state index in [0.717, 1.165) is 6.20 Å². The van der Waals surface area contributed by atoms with Crippen LogP contribution >= 0.6 is 11.6 Å². The molecule has 3 aromatic rings. The summed E-state index contributed by atoms with van der Waals surface area (Å²) in [4.78, 5) is 26.2. The van der Waals surface area contributed by atoms with Crippen molar-refractivity contribution in [2.75, 3.05) is 12.5 Å². The minimum absolute atomic E-state index is 0.113. The van der Waals surface area contributed by atoms with Crippen molar-refractivity contribution in [2.45, 2.75) is 0 Å². The third-order valence-corrected chi connectivity index (χ3v) is 4.07. The second-order valence-electron chi connectivity index (χ2n) is 5.84. The highest BCUT2D eigenvalue weighted by Gasteiger charge is 2.13. The number of nitro groups is 1. The van der Waals surface area contributed by atoms with Gasteiger partial charge in [-0.1, -0.05) is 11.6 Å². The van der Waals surface area contributed by atoms with Crippen LogP contribution in [0, 0.1) is 10.1 Å². The zero-order chi connectivity index (χ0) is 21.5. The van der Waals surface area contributed by atoms with Crippen LogP contribution in [0.5, 0.6) is 11.5 Å². The van der Waals surface area contributed by atoms with E-state index in [1.165, 1.54) is 25.5 Å². The molecule has 0 saturated carbocycles. The lowest BCUT2D eigenvalue weighted by Crippen LogP contribution is -2.09. The molecule has 0 fully saturated rings. The molecule has 0 radical (unpaired) electrons. The van der Waals surface area contributed by atoms with Crippen LogP contribution in [0.2, 0.25) is 5.02 Å². The van der Waals surface area contributed by atoms with Crippen LogP contribution < -0.4 is 14.9 Å². The van der Waals surface area contributed by atoms with Gasteiger partial charge in [0, 0.05) is 11.1 Å². The summed E-state index contributed by atoms with van der Waals surface area (Å²) in [5.41, 5.74) is 3.57. The molecule has 0 saturated heterocycles. The first-order valence-corrected chi connectivity index (χ1v) is 8.89. The molecule has 0 spiro atoms. The molecule has 0 bridgehead atoms. The van der Waals surface area contributed by atoms with Crippen LogP contribution in [-0.4, -0.2) is 29.2 Å². The molecule has 0 aliphatic carbocycles. The van der Waals surface area contributed by atoms with E-state index in [1.807, 2.05) is 0 Å². The number of ether oxygens (including phenoxy) is 2. The lowest BCUT2D eigenvalue weighted by molar-refractivity contribution is -0.385. The average Bonchev–Trinajstić information content (AvgIpc) is 2.75. The molecule has 2 aromatic carbocycles. The minimum Gasteiger partial charge on any atom is -0.493 e. The molecule has 30 heavy (non-hydrogen) atoms. The number of nitrogens with one attached hydrogen (secondary N) is 1. The van der Waals surface area contributed by atoms with Crippen LogP contribution in [-0.2, 0) is 0 Å². The molecule has 0 atom stereocenters. The Labute approximate surface area is 176 Å². The monoisotopic (exact) mass is 426 g/mol. The lowest BCUT2D eigenvalue weighted by atomic mass is 10.2. The predicted octanol–water partition coefficient (Wildman–Crippen LogP) is 4.32. The number of hydrazone groups is 1. The number of anilines is 1. The molecule has 1 aromatic heterocycles. The molecule has 10 heteroatoms. The number of hydrogen-bond donors (Lipinski definition) is 1. The quantitative estimate of drug-likeness (QED) is 0.196. The van der Waals surface area contributed by atoms with Crippen molar-refractivity contribution in [3.05, 3.63) is 87.1 Å². The second kappa shape index (κ2) is 9.48. The Morgan fingerprint density at radius 3 is 2.57 bits per heavy atom. The third-order valence-electron chi connectivity index (χ3n) is 3.82. The van der Waals surface area contributed by atoms with Gasteiger partial charge in [-0.15, -0.1) is 0 Å². The fourth-order valence-corrected chi connectivity index (χ4v) is 2.45. The largest absolute Gasteiger partial charge is 0.493 e. The number of carbonyl (C=O) groups excluding carboxylic acids is 1. The average molecular weight is 427 g/mol. The summed E-state index contributed by atoms with van der Waals surface area (Å²) >= 11 is 5.82. The van der Waals surface area contributed by atoms with E-state index in [-0.39, 0.29) is 11.4 Å². The molecule has 0 aliphatic rings. The highest BCUT2D eigenvalue weighted by atomic mass is 35.5. The fraction of sp³-hybridized carbons (Fsp3) is 0.0500. The van der Waals surface area contributed by atoms with Crippen LogP contribution in [0.15, 0.2) is 65.9 Å². The molecular formula is C20H15ClN4O5. The molecule has 0 amide bonds. The van der Waals surface area contributed by atoms with Crippen molar-refractivity contribution < 1.29 is 19.2 Å². The number of rotatable bonds is 7. The normalized spacial score (nSPS) is 10.6. The Bertz CT molecular complexity index is 1090. The van der Waals surface area contributed by atoms with E-state index in [0.29, 0.717) is 27.7 Å². The highest BCUT2D eigenvalue weighted by Crippen LogP contribution is 2.28. The van der Waals surface area contributed by atoms with Gasteiger partial charge in [-0.25, -0.2) is 9.78 Å². The van der Waals surface area contributed by atoms with Crippen molar-refractivity contribution in [1.82, 2.24) is 4.98 Å². The van der Waals surface area contributed by atoms with Crippen LogP contribution in [0.3, 0.4) is 0 Å². The summed E-state index contributed by atoms with van der Waals surface area (Å²) in [6.07, 6.45) is 2.63. The van der Waals surface area contributed by atoms with Gasteiger partial charge in [0.1, 0.15) is 12.0 Å². The first-order chi connectivity index (χ1) is 14.5. The van der Waals surface area contributed by atoms with Crippen molar-refractivity contribution in [3.63, 3.8) is 0 Å². The molecule has 3 rings (SSSR count). The van der Waals surface area contributed by atoms with Gasteiger partial charge in [-0.3, -0.25) is 15.5 Å². The minimum atomic E-state index is -0.544. The SMILES string of the molecule is COc1cc(/C=N\Nc2ccc([N+](=O)[O-])cn2)ccc1OC(=O)c1ccc(Cl)cc1.